The predicted molar refractivity (Wildman–Crippen MR) is 110 cm³/mol. The van der Waals surface area contributed by atoms with Gasteiger partial charge in [-0.25, -0.2) is 0 Å². The molecule has 1 aromatic carbocycles. The summed E-state index contributed by atoms with van der Waals surface area (Å²) in [5, 5.41) is 14.8. The summed E-state index contributed by atoms with van der Waals surface area (Å²) in [6.07, 6.45) is 1.11. The molecule has 0 spiro atoms. The minimum Gasteiger partial charge on any atom is -0.388 e. The van der Waals surface area contributed by atoms with Crippen LogP contribution in [0.15, 0.2) is 47.0 Å². The number of hydrogen-bond acceptors (Lipinski definition) is 4. The van der Waals surface area contributed by atoms with Crippen molar-refractivity contribution in [2.24, 2.45) is 5.92 Å². The van der Waals surface area contributed by atoms with E-state index in [1.54, 1.807) is 0 Å². The van der Waals surface area contributed by atoms with Gasteiger partial charge in [0.1, 0.15) is 5.76 Å². The van der Waals surface area contributed by atoms with E-state index < -0.39 is 6.10 Å². The summed E-state index contributed by atoms with van der Waals surface area (Å²) < 4.78 is 7.15. The highest BCUT2D eigenvalue weighted by Crippen LogP contribution is 2.31. The van der Waals surface area contributed by atoms with Crippen molar-refractivity contribution in [2.75, 3.05) is 13.1 Å². The summed E-state index contributed by atoms with van der Waals surface area (Å²) in [5.74, 6) is 1.64. The maximum absolute atomic E-state index is 13.2. The minimum atomic E-state index is -0.478. The molecule has 1 fully saturated rings. The first-order chi connectivity index (χ1) is 14.0. The quantitative estimate of drug-likeness (QED) is 0.728. The maximum Gasteiger partial charge on any atom is 0.255 e. The van der Waals surface area contributed by atoms with Crippen molar-refractivity contribution in [3.8, 4) is 5.82 Å². The molecule has 1 aliphatic rings. The van der Waals surface area contributed by atoms with Gasteiger partial charge in [0.05, 0.1) is 11.7 Å². The van der Waals surface area contributed by atoms with Gasteiger partial charge in [-0.2, -0.15) is 0 Å². The van der Waals surface area contributed by atoms with Gasteiger partial charge < -0.3 is 14.5 Å². The van der Waals surface area contributed by atoms with Crippen LogP contribution in [-0.2, 0) is 0 Å². The van der Waals surface area contributed by atoms with Gasteiger partial charge in [-0.3, -0.25) is 9.36 Å². The van der Waals surface area contributed by atoms with Gasteiger partial charge in [0, 0.05) is 30.5 Å². The number of aryl methyl sites for hydroxylation is 2. The van der Waals surface area contributed by atoms with Crippen molar-refractivity contribution in [3.05, 3.63) is 70.7 Å². The summed E-state index contributed by atoms with van der Waals surface area (Å²) in [5.41, 5.74) is 3.47. The van der Waals surface area contributed by atoms with Crippen LogP contribution in [0.25, 0.3) is 5.82 Å². The Morgan fingerprint density at radius 2 is 1.83 bits per heavy atom. The largest absolute Gasteiger partial charge is 0.388 e. The van der Waals surface area contributed by atoms with Crippen LogP contribution in [0.5, 0.6) is 0 Å². The van der Waals surface area contributed by atoms with E-state index in [9.17, 15) is 9.90 Å². The zero-order valence-corrected chi connectivity index (χ0v) is 17.1. The van der Waals surface area contributed by atoms with E-state index in [-0.39, 0.29) is 11.8 Å². The standard InChI is InChI=1S/C23H27N3O3/c1-15-13-20(17(3)26(15)21-14-16(2)29-24-21)23(28)25-11-9-19(10-12-25)22(27)18-7-5-4-6-8-18/h4-8,13-14,19,22,27H,9-12H2,1-3H3. The fourth-order valence-electron chi connectivity index (χ4n) is 4.30. The highest BCUT2D eigenvalue weighted by Gasteiger charge is 2.30. The highest BCUT2D eigenvalue weighted by molar-refractivity contribution is 5.96. The number of carbonyl (C=O) groups is 1. The Bertz CT molecular complexity index is 998. The average Bonchev–Trinajstić information content (AvgIpc) is 3.29. The second kappa shape index (κ2) is 7.87. The maximum atomic E-state index is 13.2. The fourth-order valence-corrected chi connectivity index (χ4v) is 4.30. The number of aliphatic hydroxyl groups is 1. The van der Waals surface area contributed by atoms with Gasteiger partial charge in [0.25, 0.3) is 5.91 Å². The van der Waals surface area contributed by atoms with Crippen molar-refractivity contribution in [2.45, 2.75) is 39.7 Å². The molecule has 1 amide bonds. The lowest BCUT2D eigenvalue weighted by molar-refractivity contribution is 0.0462. The van der Waals surface area contributed by atoms with Crippen molar-refractivity contribution in [3.63, 3.8) is 0 Å². The summed E-state index contributed by atoms with van der Waals surface area (Å²) in [4.78, 5) is 15.1. The highest BCUT2D eigenvalue weighted by atomic mass is 16.5. The first kappa shape index (κ1) is 19.5. The zero-order chi connectivity index (χ0) is 20.5. The number of benzene rings is 1. The predicted octanol–water partition coefficient (Wildman–Crippen LogP) is 3.98. The topological polar surface area (TPSA) is 71.5 Å². The van der Waals surface area contributed by atoms with Gasteiger partial charge >= 0.3 is 0 Å². The van der Waals surface area contributed by atoms with Gasteiger partial charge in [-0.05, 0) is 51.2 Å². The van der Waals surface area contributed by atoms with Crippen LogP contribution in [-0.4, -0.2) is 38.7 Å². The smallest absolute Gasteiger partial charge is 0.255 e. The van der Waals surface area contributed by atoms with Crippen molar-refractivity contribution < 1.29 is 14.4 Å². The monoisotopic (exact) mass is 393 g/mol. The number of amides is 1. The van der Waals surface area contributed by atoms with Crippen molar-refractivity contribution >= 4 is 5.91 Å². The molecule has 6 heteroatoms. The van der Waals surface area contributed by atoms with E-state index >= 15 is 0 Å². The van der Waals surface area contributed by atoms with Crippen molar-refractivity contribution in [1.29, 1.82) is 0 Å². The Hall–Kier alpha value is -2.86. The molecular weight excluding hydrogens is 366 g/mol. The molecule has 1 N–H and O–H groups in total. The van der Waals surface area contributed by atoms with Gasteiger partial charge in [-0.15, -0.1) is 0 Å². The summed E-state index contributed by atoms with van der Waals surface area (Å²) in [6.45, 7) is 7.07. The van der Waals surface area contributed by atoms with Gasteiger partial charge in [0.15, 0.2) is 5.82 Å². The fraction of sp³-hybridized carbons (Fsp3) is 0.391. The van der Waals surface area contributed by atoms with Crippen LogP contribution in [0.1, 0.15) is 52.0 Å². The Morgan fingerprint density at radius 1 is 1.14 bits per heavy atom. The molecule has 1 unspecified atom stereocenters. The number of nitrogens with zero attached hydrogens (tertiary/aromatic N) is 3. The van der Waals surface area contributed by atoms with Crippen LogP contribution in [0.4, 0.5) is 0 Å². The lowest BCUT2D eigenvalue weighted by Gasteiger charge is -2.34. The van der Waals surface area contributed by atoms with Crippen molar-refractivity contribution in [1.82, 2.24) is 14.6 Å². The van der Waals surface area contributed by atoms with E-state index in [4.69, 9.17) is 4.52 Å². The molecule has 2 aromatic heterocycles. The van der Waals surface area contributed by atoms with E-state index in [1.165, 1.54) is 0 Å². The lowest BCUT2D eigenvalue weighted by atomic mass is 9.87. The van der Waals surface area contributed by atoms with E-state index in [2.05, 4.69) is 5.16 Å². The molecule has 3 heterocycles. The van der Waals surface area contributed by atoms with Crippen LogP contribution in [0.2, 0.25) is 0 Å². The lowest BCUT2D eigenvalue weighted by Crippen LogP contribution is -2.40. The molecule has 0 radical (unpaired) electrons. The second-order valence-electron chi connectivity index (χ2n) is 7.90. The molecule has 0 bridgehead atoms. The van der Waals surface area contributed by atoms with Crippen LogP contribution < -0.4 is 0 Å². The van der Waals surface area contributed by atoms with Gasteiger partial charge in [0.2, 0.25) is 0 Å². The van der Waals surface area contributed by atoms with Crippen LogP contribution in [0, 0.1) is 26.7 Å². The third-order valence-electron chi connectivity index (χ3n) is 5.92. The molecule has 6 nitrogen and oxygen atoms in total. The third-order valence-corrected chi connectivity index (χ3v) is 5.92. The molecule has 0 aliphatic carbocycles. The second-order valence-corrected chi connectivity index (χ2v) is 7.90. The van der Waals surface area contributed by atoms with E-state index in [1.807, 2.05) is 72.7 Å². The summed E-state index contributed by atoms with van der Waals surface area (Å²) in [6, 6.07) is 13.6. The molecular formula is C23H27N3O3. The molecule has 4 rings (SSSR count). The SMILES string of the molecule is Cc1cc(-n2c(C)cc(C(=O)N3CCC(C(O)c4ccccc4)CC3)c2C)no1. The normalized spacial score (nSPS) is 16.2. The molecule has 1 aliphatic heterocycles. The molecule has 29 heavy (non-hydrogen) atoms. The van der Waals surface area contributed by atoms with E-state index in [0.717, 1.165) is 35.6 Å². The average molecular weight is 393 g/mol. The van der Waals surface area contributed by atoms with Crippen LogP contribution >= 0.6 is 0 Å². The first-order valence-corrected chi connectivity index (χ1v) is 10.1. The number of rotatable bonds is 4. The van der Waals surface area contributed by atoms with Crippen LogP contribution in [0.3, 0.4) is 0 Å². The third kappa shape index (κ3) is 3.72. The Morgan fingerprint density at radius 3 is 2.45 bits per heavy atom. The molecule has 3 aromatic rings. The minimum absolute atomic E-state index is 0.0391. The van der Waals surface area contributed by atoms with E-state index in [0.29, 0.717) is 24.5 Å². The summed E-state index contributed by atoms with van der Waals surface area (Å²) >= 11 is 0. The number of likely N-dealkylation sites (tertiary alicyclic amines) is 1. The number of piperidine rings is 1. The Kier molecular flexibility index (Phi) is 5.28. The number of aromatic nitrogens is 2. The Balaban J connectivity index is 1.46. The molecule has 1 atom stereocenters. The number of aliphatic hydroxyl groups excluding tert-OH is 1. The van der Waals surface area contributed by atoms with Gasteiger partial charge in [-0.1, -0.05) is 35.5 Å². The number of hydrogen-bond donors (Lipinski definition) is 1. The molecule has 0 saturated carbocycles. The Labute approximate surface area is 170 Å². The zero-order valence-electron chi connectivity index (χ0n) is 17.1. The molecule has 1 saturated heterocycles. The summed E-state index contributed by atoms with van der Waals surface area (Å²) in [7, 11) is 0. The molecule has 152 valence electrons. The first-order valence-electron chi connectivity index (χ1n) is 10.1. The number of carbonyl (C=O) groups excluding carboxylic acids is 1.